The van der Waals surface area contributed by atoms with Gasteiger partial charge in [-0.2, -0.15) is 0 Å². The van der Waals surface area contributed by atoms with Crippen molar-refractivity contribution in [2.24, 2.45) is 0 Å². The Kier molecular flexibility index (Phi) is 2.06. The minimum atomic E-state index is 0.527. The van der Waals surface area contributed by atoms with Crippen LogP contribution in [0.15, 0.2) is 9.85 Å². The molecule has 0 bridgehead atoms. The molecule has 0 aliphatic carbocycles. The van der Waals surface area contributed by atoms with Crippen LogP contribution >= 0.6 is 38.9 Å². The van der Waals surface area contributed by atoms with Crippen LogP contribution in [0.2, 0.25) is 5.15 Å². The van der Waals surface area contributed by atoms with Crippen molar-refractivity contribution >= 4 is 49.1 Å². The Labute approximate surface area is 86.7 Å². The predicted octanol–water partition coefficient (Wildman–Crippen LogP) is 3.42. The number of halogens is 2. The number of aromatic nitrogens is 2. The largest absolute Gasteiger partial charge is 0.222 e. The monoisotopic (exact) mass is 262 g/mol. The molecule has 62 valence electrons. The van der Waals surface area contributed by atoms with Crippen molar-refractivity contribution < 1.29 is 0 Å². The molecule has 0 spiro atoms. The lowest BCUT2D eigenvalue weighted by Gasteiger charge is -1.93. The van der Waals surface area contributed by atoms with Crippen molar-refractivity contribution in [3.05, 3.63) is 20.8 Å². The van der Waals surface area contributed by atoms with Gasteiger partial charge in [-0.3, -0.25) is 0 Å². The Morgan fingerprint density at radius 3 is 3.00 bits per heavy atom. The van der Waals surface area contributed by atoms with Crippen molar-refractivity contribution in [1.29, 1.82) is 0 Å². The molecule has 0 aliphatic rings. The Hall–Kier alpha value is -0.190. The summed E-state index contributed by atoms with van der Waals surface area (Å²) in [6.45, 7) is 1.83. The highest BCUT2D eigenvalue weighted by atomic mass is 79.9. The molecular weight excluding hydrogens is 260 g/mol. The van der Waals surface area contributed by atoms with Crippen molar-refractivity contribution in [2.75, 3.05) is 0 Å². The first-order valence-electron chi connectivity index (χ1n) is 3.26. The molecule has 0 amide bonds. The summed E-state index contributed by atoms with van der Waals surface area (Å²) in [5, 5.41) is 1.44. The molecule has 5 heteroatoms. The van der Waals surface area contributed by atoms with Crippen LogP contribution in [-0.4, -0.2) is 9.97 Å². The molecule has 0 saturated heterocycles. The lowest BCUT2D eigenvalue weighted by molar-refractivity contribution is 1.10. The minimum Gasteiger partial charge on any atom is -0.222 e. The van der Waals surface area contributed by atoms with E-state index in [4.69, 9.17) is 11.6 Å². The van der Waals surface area contributed by atoms with E-state index < -0.39 is 0 Å². The van der Waals surface area contributed by atoms with Crippen molar-refractivity contribution in [2.45, 2.75) is 6.92 Å². The van der Waals surface area contributed by atoms with E-state index in [-0.39, 0.29) is 0 Å². The maximum Gasteiger partial charge on any atom is 0.141 e. The Balaban J connectivity index is 2.88. The molecular formula is C7H4BrClN2S. The van der Waals surface area contributed by atoms with Crippen LogP contribution in [0.5, 0.6) is 0 Å². The smallest absolute Gasteiger partial charge is 0.141 e. The van der Waals surface area contributed by atoms with Gasteiger partial charge in [-0.25, -0.2) is 9.97 Å². The summed E-state index contributed by atoms with van der Waals surface area (Å²) in [4.78, 5) is 9.24. The summed E-state index contributed by atoms with van der Waals surface area (Å²) >= 11 is 10.8. The van der Waals surface area contributed by atoms with Gasteiger partial charge >= 0.3 is 0 Å². The van der Waals surface area contributed by atoms with E-state index in [1.54, 1.807) is 11.3 Å². The molecule has 2 rings (SSSR count). The van der Waals surface area contributed by atoms with Gasteiger partial charge in [0.05, 0.1) is 3.79 Å². The lowest BCUT2D eigenvalue weighted by atomic mass is 10.4. The second-order valence-corrected chi connectivity index (χ2v) is 5.10. The maximum absolute atomic E-state index is 5.91. The Bertz CT molecular complexity index is 440. The van der Waals surface area contributed by atoms with Gasteiger partial charge in [0.25, 0.3) is 0 Å². The third-order valence-electron chi connectivity index (χ3n) is 1.43. The number of hydrogen-bond acceptors (Lipinski definition) is 3. The SMILES string of the molecule is Cc1nc(Cl)c2cc(Br)sc2n1. The predicted molar refractivity (Wildman–Crippen MR) is 54.9 cm³/mol. The average molecular weight is 264 g/mol. The maximum atomic E-state index is 5.91. The van der Waals surface area contributed by atoms with Gasteiger partial charge in [-0.15, -0.1) is 11.3 Å². The zero-order valence-electron chi connectivity index (χ0n) is 6.14. The first-order valence-corrected chi connectivity index (χ1v) is 5.25. The zero-order chi connectivity index (χ0) is 8.72. The average Bonchev–Trinajstić information content (AvgIpc) is 2.29. The van der Waals surface area contributed by atoms with E-state index >= 15 is 0 Å². The Morgan fingerprint density at radius 1 is 1.50 bits per heavy atom. The van der Waals surface area contributed by atoms with Crippen LogP contribution in [0.25, 0.3) is 10.2 Å². The summed E-state index contributed by atoms with van der Waals surface area (Å²) in [5.74, 6) is 0.710. The molecule has 2 nitrogen and oxygen atoms in total. The standard InChI is InChI=1S/C7H4BrClN2S/c1-3-10-6(9)4-2-5(8)12-7(4)11-3/h2H,1H3. The summed E-state index contributed by atoms with van der Waals surface area (Å²) < 4.78 is 1.03. The highest BCUT2D eigenvalue weighted by Gasteiger charge is 2.06. The lowest BCUT2D eigenvalue weighted by Crippen LogP contribution is -1.86. The number of thiophene rings is 1. The fraction of sp³-hybridized carbons (Fsp3) is 0.143. The van der Waals surface area contributed by atoms with E-state index in [1.165, 1.54) is 0 Å². The van der Waals surface area contributed by atoms with E-state index in [1.807, 2.05) is 13.0 Å². The zero-order valence-corrected chi connectivity index (χ0v) is 9.29. The molecule has 0 aromatic carbocycles. The second-order valence-electron chi connectivity index (χ2n) is 2.33. The second kappa shape index (κ2) is 2.94. The van der Waals surface area contributed by atoms with Crippen LogP contribution in [0.3, 0.4) is 0 Å². The third-order valence-corrected chi connectivity index (χ3v) is 3.25. The molecule has 2 aromatic rings. The normalized spacial score (nSPS) is 10.9. The van der Waals surface area contributed by atoms with Gasteiger partial charge in [0.2, 0.25) is 0 Å². The van der Waals surface area contributed by atoms with Crippen LogP contribution < -0.4 is 0 Å². The number of nitrogens with zero attached hydrogens (tertiary/aromatic N) is 2. The number of rotatable bonds is 0. The molecule has 0 fully saturated rings. The number of aryl methyl sites for hydroxylation is 1. The fourth-order valence-corrected chi connectivity index (χ4v) is 2.77. The highest BCUT2D eigenvalue weighted by Crippen LogP contribution is 2.31. The van der Waals surface area contributed by atoms with Gasteiger partial charge in [0, 0.05) is 5.39 Å². The number of hydrogen-bond donors (Lipinski definition) is 0. The van der Waals surface area contributed by atoms with Crippen LogP contribution in [0.4, 0.5) is 0 Å². The molecule has 12 heavy (non-hydrogen) atoms. The molecule has 0 unspecified atom stereocenters. The molecule has 0 N–H and O–H groups in total. The van der Waals surface area contributed by atoms with Gasteiger partial charge in [-0.1, -0.05) is 11.6 Å². The topological polar surface area (TPSA) is 25.8 Å². The highest BCUT2D eigenvalue weighted by molar-refractivity contribution is 9.11. The molecule has 0 aliphatic heterocycles. The first-order chi connectivity index (χ1) is 5.66. The van der Waals surface area contributed by atoms with Crippen LogP contribution in [0, 0.1) is 6.92 Å². The van der Waals surface area contributed by atoms with E-state index in [2.05, 4.69) is 25.9 Å². The van der Waals surface area contributed by atoms with Crippen molar-refractivity contribution in [1.82, 2.24) is 9.97 Å². The molecule has 2 aromatic heterocycles. The van der Waals surface area contributed by atoms with Gasteiger partial charge in [0.15, 0.2) is 0 Å². The van der Waals surface area contributed by atoms with Gasteiger partial charge < -0.3 is 0 Å². The Morgan fingerprint density at radius 2 is 2.25 bits per heavy atom. The number of fused-ring (bicyclic) bond motifs is 1. The first kappa shape index (κ1) is 8.41. The van der Waals surface area contributed by atoms with Crippen molar-refractivity contribution in [3.63, 3.8) is 0 Å². The van der Waals surface area contributed by atoms with E-state index in [0.29, 0.717) is 11.0 Å². The van der Waals surface area contributed by atoms with Crippen molar-refractivity contribution in [3.8, 4) is 0 Å². The van der Waals surface area contributed by atoms with Crippen LogP contribution in [-0.2, 0) is 0 Å². The minimum absolute atomic E-state index is 0.527. The van der Waals surface area contributed by atoms with Gasteiger partial charge in [0.1, 0.15) is 15.8 Å². The van der Waals surface area contributed by atoms with E-state index in [0.717, 1.165) is 14.0 Å². The molecule has 0 radical (unpaired) electrons. The quantitative estimate of drug-likeness (QED) is 0.681. The summed E-state index contributed by atoms with van der Waals surface area (Å²) in [6, 6.07) is 1.93. The van der Waals surface area contributed by atoms with Crippen LogP contribution in [0.1, 0.15) is 5.82 Å². The molecule has 2 heterocycles. The fourth-order valence-electron chi connectivity index (χ4n) is 0.957. The van der Waals surface area contributed by atoms with E-state index in [9.17, 15) is 0 Å². The molecule has 0 atom stereocenters. The summed E-state index contributed by atoms with van der Waals surface area (Å²) in [6.07, 6.45) is 0. The van der Waals surface area contributed by atoms with Gasteiger partial charge in [-0.05, 0) is 28.9 Å². The summed E-state index contributed by atoms with van der Waals surface area (Å²) in [7, 11) is 0. The third kappa shape index (κ3) is 1.34. The summed E-state index contributed by atoms with van der Waals surface area (Å²) in [5.41, 5.74) is 0. The molecule has 0 saturated carbocycles.